The molecule has 0 spiro atoms. The van der Waals surface area contributed by atoms with Crippen LogP contribution in [0.25, 0.3) is 6.08 Å². The molecule has 1 fully saturated rings. The number of piperazine rings is 1. The van der Waals surface area contributed by atoms with E-state index < -0.39 is 6.04 Å². The van der Waals surface area contributed by atoms with Gasteiger partial charge in [-0.15, -0.1) is 0 Å². The van der Waals surface area contributed by atoms with Gasteiger partial charge in [0.05, 0.1) is 18.7 Å². The van der Waals surface area contributed by atoms with Gasteiger partial charge in [-0.25, -0.2) is 0 Å². The molecule has 27 heavy (non-hydrogen) atoms. The summed E-state index contributed by atoms with van der Waals surface area (Å²) in [7, 11) is 0. The molecule has 6 heteroatoms. The van der Waals surface area contributed by atoms with E-state index >= 15 is 0 Å². The summed E-state index contributed by atoms with van der Waals surface area (Å²) in [5, 5.41) is 5.72. The summed E-state index contributed by atoms with van der Waals surface area (Å²) < 4.78 is 5.25. The summed E-state index contributed by atoms with van der Waals surface area (Å²) in [5.41, 5.74) is 1.12. The van der Waals surface area contributed by atoms with Crippen LogP contribution >= 0.6 is 0 Å². The first-order chi connectivity index (χ1) is 13.2. The van der Waals surface area contributed by atoms with Crippen molar-refractivity contribution in [2.24, 2.45) is 0 Å². The minimum Gasteiger partial charge on any atom is -0.469 e. The lowest BCUT2D eigenvalue weighted by Crippen LogP contribution is -2.56. The zero-order valence-electron chi connectivity index (χ0n) is 15.3. The van der Waals surface area contributed by atoms with E-state index in [1.54, 1.807) is 6.26 Å². The average Bonchev–Trinajstić information content (AvgIpc) is 3.19. The van der Waals surface area contributed by atoms with Gasteiger partial charge in [0.1, 0.15) is 5.76 Å². The number of nitrogens with zero attached hydrogens (tertiary/aromatic N) is 1. The molecule has 2 N–H and O–H groups in total. The SMILES string of the molecule is O=C(CC1C(=O)NCCN1C/C=C/c1ccccc1)NCCc1ccco1. The van der Waals surface area contributed by atoms with Crippen molar-refractivity contribution in [2.45, 2.75) is 18.9 Å². The maximum Gasteiger partial charge on any atom is 0.237 e. The number of rotatable bonds is 8. The summed E-state index contributed by atoms with van der Waals surface area (Å²) in [6.07, 6.45) is 6.48. The van der Waals surface area contributed by atoms with Crippen molar-refractivity contribution in [1.29, 1.82) is 0 Å². The topological polar surface area (TPSA) is 74.6 Å². The van der Waals surface area contributed by atoms with E-state index in [-0.39, 0.29) is 18.2 Å². The van der Waals surface area contributed by atoms with Crippen LogP contribution in [0.2, 0.25) is 0 Å². The maximum absolute atomic E-state index is 12.3. The number of furan rings is 1. The van der Waals surface area contributed by atoms with Crippen LogP contribution in [0.3, 0.4) is 0 Å². The first-order valence-corrected chi connectivity index (χ1v) is 9.25. The van der Waals surface area contributed by atoms with E-state index in [2.05, 4.69) is 10.6 Å². The van der Waals surface area contributed by atoms with Gasteiger partial charge in [-0.3, -0.25) is 14.5 Å². The smallest absolute Gasteiger partial charge is 0.237 e. The third kappa shape index (κ3) is 5.82. The molecule has 1 aromatic heterocycles. The second kappa shape index (κ2) is 9.73. The Morgan fingerprint density at radius 2 is 2.11 bits per heavy atom. The Labute approximate surface area is 159 Å². The molecule has 2 amide bonds. The van der Waals surface area contributed by atoms with E-state index in [4.69, 9.17) is 4.42 Å². The van der Waals surface area contributed by atoms with Gasteiger partial charge in [-0.2, -0.15) is 0 Å². The number of amides is 2. The largest absolute Gasteiger partial charge is 0.469 e. The van der Waals surface area contributed by atoms with Crippen molar-refractivity contribution in [3.8, 4) is 0 Å². The van der Waals surface area contributed by atoms with Crippen LogP contribution in [0.1, 0.15) is 17.7 Å². The molecule has 1 unspecified atom stereocenters. The van der Waals surface area contributed by atoms with E-state index in [1.165, 1.54) is 0 Å². The maximum atomic E-state index is 12.3. The van der Waals surface area contributed by atoms with Crippen LogP contribution in [0, 0.1) is 0 Å². The van der Waals surface area contributed by atoms with Gasteiger partial charge in [0.2, 0.25) is 11.8 Å². The molecule has 1 saturated heterocycles. The molecule has 1 aromatic carbocycles. The standard InChI is InChI=1S/C21H25N3O3/c25-20(22-11-10-18-9-5-15-27-18)16-19-21(26)23-12-14-24(19)13-4-8-17-6-2-1-3-7-17/h1-9,15,19H,10-14,16H2,(H,22,25)(H,23,26)/b8-4+. The van der Waals surface area contributed by atoms with Crippen molar-refractivity contribution in [3.05, 3.63) is 66.1 Å². The van der Waals surface area contributed by atoms with E-state index in [0.717, 1.165) is 17.9 Å². The second-order valence-corrected chi connectivity index (χ2v) is 6.50. The monoisotopic (exact) mass is 367 g/mol. The van der Waals surface area contributed by atoms with E-state index in [9.17, 15) is 9.59 Å². The Hall–Kier alpha value is -2.86. The van der Waals surface area contributed by atoms with Gasteiger partial charge in [0.15, 0.2) is 0 Å². The fraction of sp³-hybridized carbons (Fsp3) is 0.333. The van der Waals surface area contributed by atoms with Crippen LogP contribution in [0.15, 0.2) is 59.2 Å². The average molecular weight is 367 g/mol. The summed E-state index contributed by atoms with van der Waals surface area (Å²) in [6, 6.07) is 13.3. The molecule has 142 valence electrons. The fourth-order valence-electron chi connectivity index (χ4n) is 3.12. The van der Waals surface area contributed by atoms with Gasteiger partial charge in [-0.1, -0.05) is 42.5 Å². The molecule has 3 rings (SSSR count). The second-order valence-electron chi connectivity index (χ2n) is 6.50. The zero-order valence-corrected chi connectivity index (χ0v) is 15.3. The lowest BCUT2D eigenvalue weighted by atomic mass is 10.1. The third-order valence-electron chi connectivity index (χ3n) is 4.54. The number of hydrogen-bond donors (Lipinski definition) is 2. The zero-order chi connectivity index (χ0) is 18.9. The summed E-state index contributed by atoms with van der Waals surface area (Å²) in [5.74, 6) is 0.620. The quantitative estimate of drug-likeness (QED) is 0.747. The number of hydrogen-bond acceptors (Lipinski definition) is 4. The highest BCUT2D eigenvalue weighted by Crippen LogP contribution is 2.10. The molecule has 0 saturated carbocycles. The molecule has 0 bridgehead atoms. The number of carbonyl (C=O) groups is 2. The normalized spacial score (nSPS) is 17.8. The van der Waals surface area contributed by atoms with Crippen molar-refractivity contribution >= 4 is 17.9 Å². The molecule has 0 aliphatic carbocycles. The number of benzene rings is 1. The highest BCUT2D eigenvalue weighted by atomic mass is 16.3. The lowest BCUT2D eigenvalue weighted by molar-refractivity contribution is -0.133. The molecule has 1 atom stereocenters. The van der Waals surface area contributed by atoms with Crippen molar-refractivity contribution in [2.75, 3.05) is 26.2 Å². The Kier molecular flexibility index (Phi) is 6.82. The summed E-state index contributed by atoms with van der Waals surface area (Å²) in [4.78, 5) is 26.6. The van der Waals surface area contributed by atoms with E-state index in [1.807, 2.05) is 59.5 Å². The predicted octanol–water partition coefficient (Wildman–Crippen LogP) is 1.84. The highest BCUT2D eigenvalue weighted by molar-refractivity contribution is 5.88. The van der Waals surface area contributed by atoms with E-state index in [0.29, 0.717) is 26.1 Å². The first-order valence-electron chi connectivity index (χ1n) is 9.25. The van der Waals surface area contributed by atoms with Crippen LogP contribution in [0.4, 0.5) is 0 Å². The van der Waals surface area contributed by atoms with Crippen LogP contribution in [0.5, 0.6) is 0 Å². The molecule has 6 nitrogen and oxygen atoms in total. The van der Waals surface area contributed by atoms with Crippen LogP contribution < -0.4 is 10.6 Å². The molecular formula is C21H25N3O3. The lowest BCUT2D eigenvalue weighted by Gasteiger charge is -2.33. The molecule has 1 aliphatic heterocycles. The molecular weight excluding hydrogens is 342 g/mol. The summed E-state index contributed by atoms with van der Waals surface area (Å²) >= 11 is 0. The minimum absolute atomic E-state index is 0.0875. The minimum atomic E-state index is -0.442. The highest BCUT2D eigenvalue weighted by Gasteiger charge is 2.30. The third-order valence-corrected chi connectivity index (χ3v) is 4.54. The number of carbonyl (C=O) groups excluding carboxylic acids is 2. The van der Waals surface area contributed by atoms with Crippen LogP contribution in [-0.2, 0) is 16.0 Å². The fourth-order valence-corrected chi connectivity index (χ4v) is 3.12. The van der Waals surface area contributed by atoms with Crippen molar-refractivity contribution in [1.82, 2.24) is 15.5 Å². The number of nitrogens with one attached hydrogen (secondary N) is 2. The van der Waals surface area contributed by atoms with Crippen molar-refractivity contribution < 1.29 is 14.0 Å². The first kappa shape index (κ1) is 18.9. The predicted molar refractivity (Wildman–Crippen MR) is 104 cm³/mol. The van der Waals surface area contributed by atoms with Gasteiger partial charge in [0, 0.05) is 32.6 Å². The Balaban J connectivity index is 1.50. The molecule has 2 heterocycles. The van der Waals surface area contributed by atoms with Gasteiger partial charge < -0.3 is 15.1 Å². The molecule has 1 aliphatic rings. The van der Waals surface area contributed by atoms with Gasteiger partial charge in [0.25, 0.3) is 0 Å². The molecule has 0 radical (unpaired) electrons. The van der Waals surface area contributed by atoms with Crippen LogP contribution in [-0.4, -0.2) is 48.9 Å². The Morgan fingerprint density at radius 1 is 1.26 bits per heavy atom. The van der Waals surface area contributed by atoms with Crippen molar-refractivity contribution in [3.63, 3.8) is 0 Å². The van der Waals surface area contributed by atoms with Gasteiger partial charge in [-0.05, 0) is 17.7 Å². The Morgan fingerprint density at radius 3 is 2.89 bits per heavy atom. The Bertz CT molecular complexity index is 756. The molecule has 2 aromatic rings. The summed E-state index contributed by atoms with van der Waals surface area (Å²) in [6.45, 7) is 2.46. The van der Waals surface area contributed by atoms with Gasteiger partial charge >= 0.3 is 0 Å².